The van der Waals surface area contributed by atoms with Crippen molar-refractivity contribution in [1.29, 1.82) is 0 Å². The lowest BCUT2D eigenvalue weighted by molar-refractivity contribution is 0.620. The Morgan fingerprint density at radius 2 is 1.21 bits per heavy atom. The summed E-state index contributed by atoms with van der Waals surface area (Å²) >= 11 is 0. The van der Waals surface area contributed by atoms with Crippen LogP contribution in [0.15, 0.2) is 142 Å². The number of rotatable bonds is 2. The lowest BCUT2D eigenvalue weighted by atomic mass is 10.00. The van der Waals surface area contributed by atoms with Crippen LogP contribution in [0, 0.1) is 0 Å². The molecule has 0 fully saturated rings. The van der Waals surface area contributed by atoms with Crippen LogP contribution in [-0.4, -0.2) is 9.55 Å². The molecule has 0 bridgehead atoms. The highest BCUT2D eigenvalue weighted by molar-refractivity contribution is 6.23. The molecule has 10 aromatic rings. The predicted molar refractivity (Wildman–Crippen MR) is 176 cm³/mol. The van der Waals surface area contributed by atoms with E-state index in [-0.39, 0.29) is 0 Å². The SMILES string of the molecule is c1ccc2c(c1)ccc1c2c2ccccc2n1-c1cccc2c1oc1c3ccccc3c(-c3nc4ccccc4o3)cc21. The van der Waals surface area contributed by atoms with E-state index < -0.39 is 0 Å². The molecule has 4 nitrogen and oxygen atoms in total. The molecule has 7 aromatic carbocycles. The maximum atomic E-state index is 6.88. The quantitative estimate of drug-likeness (QED) is 0.215. The van der Waals surface area contributed by atoms with E-state index in [1.807, 2.05) is 24.3 Å². The first-order valence-corrected chi connectivity index (χ1v) is 14.5. The molecule has 0 spiro atoms. The molecule has 0 aliphatic heterocycles. The molecule has 0 radical (unpaired) electrons. The van der Waals surface area contributed by atoms with Gasteiger partial charge in [0.2, 0.25) is 5.89 Å². The molecule has 4 heteroatoms. The highest BCUT2D eigenvalue weighted by Gasteiger charge is 2.22. The zero-order valence-corrected chi connectivity index (χ0v) is 22.9. The van der Waals surface area contributed by atoms with Gasteiger partial charge in [0.05, 0.1) is 16.7 Å². The minimum Gasteiger partial charge on any atom is -0.453 e. The third-order valence-corrected chi connectivity index (χ3v) is 8.81. The highest BCUT2D eigenvalue weighted by atomic mass is 16.3. The minimum absolute atomic E-state index is 0.610. The first-order valence-electron chi connectivity index (χ1n) is 14.5. The number of furan rings is 1. The van der Waals surface area contributed by atoms with Gasteiger partial charge in [0.15, 0.2) is 11.2 Å². The number of fused-ring (bicyclic) bond motifs is 11. The summed E-state index contributed by atoms with van der Waals surface area (Å²) in [6, 6.07) is 46.6. The van der Waals surface area contributed by atoms with Crippen LogP contribution in [0.1, 0.15) is 0 Å². The number of benzene rings is 7. The molecular formula is C39H22N2O2. The maximum absolute atomic E-state index is 6.88. The summed E-state index contributed by atoms with van der Waals surface area (Å²) in [5, 5.41) is 9.15. The van der Waals surface area contributed by atoms with E-state index in [0.717, 1.165) is 66.1 Å². The van der Waals surface area contributed by atoms with E-state index in [1.54, 1.807) is 0 Å². The van der Waals surface area contributed by atoms with Gasteiger partial charge in [-0.25, -0.2) is 4.98 Å². The van der Waals surface area contributed by atoms with E-state index in [0.29, 0.717) is 5.89 Å². The van der Waals surface area contributed by atoms with Crippen molar-refractivity contribution in [3.63, 3.8) is 0 Å². The van der Waals surface area contributed by atoms with Gasteiger partial charge in [-0.2, -0.15) is 0 Å². The summed E-state index contributed by atoms with van der Waals surface area (Å²) in [7, 11) is 0. The molecule has 0 aliphatic rings. The number of aromatic nitrogens is 2. The maximum Gasteiger partial charge on any atom is 0.227 e. The molecule has 3 aromatic heterocycles. The summed E-state index contributed by atoms with van der Waals surface area (Å²) in [6.45, 7) is 0. The van der Waals surface area contributed by atoms with Gasteiger partial charge in [-0.1, -0.05) is 97.1 Å². The van der Waals surface area contributed by atoms with Crippen LogP contribution in [0.4, 0.5) is 0 Å². The Hall–Kier alpha value is -5.87. The summed E-state index contributed by atoms with van der Waals surface area (Å²) in [6.07, 6.45) is 0. The highest BCUT2D eigenvalue weighted by Crippen LogP contribution is 2.43. The zero-order chi connectivity index (χ0) is 28.1. The number of hydrogen-bond acceptors (Lipinski definition) is 3. The topological polar surface area (TPSA) is 44.1 Å². The average molecular weight is 551 g/mol. The molecule has 3 heterocycles. The Balaban J connectivity index is 1.33. The standard InChI is InChI=1S/C39H22N2O2/c1-2-11-24-23(10-1)20-21-33-36(24)28-14-5-7-17-32(28)41(33)34-18-9-15-27-29-22-30(39-40-31-16-6-8-19-35(31)42-39)25-12-3-4-13-26(25)37(29)43-38(27)34/h1-22H. The third-order valence-electron chi connectivity index (χ3n) is 8.81. The second-order valence-electron chi connectivity index (χ2n) is 11.1. The molecule has 43 heavy (non-hydrogen) atoms. The fourth-order valence-electron chi connectivity index (χ4n) is 6.94. The molecule has 0 aliphatic carbocycles. The van der Waals surface area contributed by atoms with Crippen molar-refractivity contribution in [2.45, 2.75) is 0 Å². The number of oxazole rings is 1. The van der Waals surface area contributed by atoms with Gasteiger partial charge in [-0.3, -0.25) is 0 Å². The zero-order valence-electron chi connectivity index (χ0n) is 22.9. The van der Waals surface area contributed by atoms with Gasteiger partial charge in [0.1, 0.15) is 11.1 Å². The fourth-order valence-corrected chi connectivity index (χ4v) is 6.94. The number of nitrogens with zero attached hydrogens (tertiary/aromatic N) is 2. The summed E-state index contributed by atoms with van der Waals surface area (Å²) in [5.74, 6) is 0.610. The van der Waals surface area contributed by atoms with Gasteiger partial charge >= 0.3 is 0 Å². The number of hydrogen-bond donors (Lipinski definition) is 0. The number of para-hydroxylation sites is 4. The first-order chi connectivity index (χ1) is 21.3. The smallest absolute Gasteiger partial charge is 0.227 e. The fraction of sp³-hybridized carbons (Fsp3) is 0. The van der Waals surface area contributed by atoms with Crippen LogP contribution in [0.3, 0.4) is 0 Å². The lowest BCUT2D eigenvalue weighted by Gasteiger charge is -2.09. The van der Waals surface area contributed by atoms with Crippen molar-refractivity contribution < 1.29 is 8.83 Å². The largest absolute Gasteiger partial charge is 0.453 e. The molecule has 0 N–H and O–H groups in total. The van der Waals surface area contributed by atoms with Gasteiger partial charge in [0.25, 0.3) is 0 Å². The van der Waals surface area contributed by atoms with Crippen LogP contribution in [0.2, 0.25) is 0 Å². The second kappa shape index (κ2) is 8.34. The van der Waals surface area contributed by atoms with Crippen molar-refractivity contribution in [1.82, 2.24) is 9.55 Å². The molecule has 200 valence electrons. The van der Waals surface area contributed by atoms with Crippen molar-refractivity contribution in [3.8, 4) is 17.1 Å². The van der Waals surface area contributed by atoms with Crippen LogP contribution < -0.4 is 0 Å². The predicted octanol–water partition coefficient (Wildman–Crippen LogP) is 10.8. The summed E-state index contributed by atoms with van der Waals surface area (Å²) < 4.78 is 15.5. The first kappa shape index (κ1) is 22.8. The van der Waals surface area contributed by atoms with Crippen molar-refractivity contribution in [2.75, 3.05) is 0 Å². The summed E-state index contributed by atoms with van der Waals surface area (Å²) in [4.78, 5) is 4.85. The van der Waals surface area contributed by atoms with Gasteiger partial charge in [0, 0.05) is 32.5 Å². The van der Waals surface area contributed by atoms with E-state index in [4.69, 9.17) is 13.8 Å². The Morgan fingerprint density at radius 3 is 2.12 bits per heavy atom. The average Bonchev–Trinajstić information content (AvgIpc) is 3.76. The van der Waals surface area contributed by atoms with Crippen molar-refractivity contribution in [3.05, 3.63) is 133 Å². The van der Waals surface area contributed by atoms with Crippen molar-refractivity contribution >= 4 is 76.4 Å². The molecule has 10 rings (SSSR count). The van der Waals surface area contributed by atoms with Gasteiger partial charge in [-0.15, -0.1) is 0 Å². The van der Waals surface area contributed by atoms with Crippen LogP contribution in [-0.2, 0) is 0 Å². The molecule has 0 saturated heterocycles. The molecule has 0 saturated carbocycles. The van der Waals surface area contributed by atoms with E-state index in [1.165, 1.54) is 21.5 Å². The van der Waals surface area contributed by atoms with Gasteiger partial charge in [-0.05, 0) is 52.6 Å². The Bertz CT molecular complexity index is 2710. The molecule has 0 unspecified atom stereocenters. The Kier molecular flexibility index (Phi) is 4.42. The normalized spacial score (nSPS) is 12.2. The second-order valence-corrected chi connectivity index (χ2v) is 11.1. The van der Waals surface area contributed by atoms with Crippen LogP contribution in [0.25, 0.3) is 93.5 Å². The van der Waals surface area contributed by atoms with Gasteiger partial charge < -0.3 is 13.4 Å². The Morgan fingerprint density at radius 1 is 0.488 bits per heavy atom. The lowest BCUT2D eigenvalue weighted by Crippen LogP contribution is -1.94. The minimum atomic E-state index is 0.610. The summed E-state index contributed by atoms with van der Waals surface area (Å²) in [5.41, 5.74) is 7.62. The molecule has 0 amide bonds. The molecular weight excluding hydrogens is 528 g/mol. The van der Waals surface area contributed by atoms with Crippen LogP contribution in [0.5, 0.6) is 0 Å². The van der Waals surface area contributed by atoms with E-state index >= 15 is 0 Å². The van der Waals surface area contributed by atoms with E-state index in [9.17, 15) is 0 Å². The molecule has 0 atom stereocenters. The van der Waals surface area contributed by atoms with Crippen LogP contribution >= 0.6 is 0 Å². The Labute approximate surface area is 245 Å². The third kappa shape index (κ3) is 3.07. The monoisotopic (exact) mass is 550 g/mol. The van der Waals surface area contributed by atoms with E-state index in [2.05, 4.69) is 114 Å². The van der Waals surface area contributed by atoms with Crippen molar-refractivity contribution in [2.24, 2.45) is 0 Å².